The molecule has 1 aromatic heterocycles. The lowest BCUT2D eigenvalue weighted by Gasteiger charge is -2.32. The van der Waals surface area contributed by atoms with Crippen molar-refractivity contribution in [3.63, 3.8) is 0 Å². The summed E-state index contributed by atoms with van der Waals surface area (Å²) in [5.41, 5.74) is -0.928. The molecule has 0 bridgehead atoms. The number of rotatable bonds is 7. The third-order valence-electron chi connectivity index (χ3n) is 3.32. The molecule has 0 aromatic carbocycles. The third-order valence-corrected chi connectivity index (χ3v) is 3.32. The number of hydrogen-bond donors (Lipinski definition) is 2. The molecule has 0 spiro atoms. The first-order chi connectivity index (χ1) is 8.80. The molecule has 0 aliphatic rings. The van der Waals surface area contributed by atoms with Crippen molar-refractivity contribution in [3.05, 3.63) is 18.2 Å². The fraction of sp³-hybridized carbons (Fsp3) is 0.714. The second-order valence-electron chi connectivity index (χ2n) is 5.59. The molecule has 1 rings (SSSR count). The Bertz CT molecular complexity index is 428. The zero-order valence-electron chi connectivity index (χ0n) is 12.5. The SMILES string of the molecule is CCc1nccn1C(C)CC(C)(NC(C)C)C(=O)O. The highest BCUT2D eigenvalue weighted by atomic mass is 16.4. The van der Waals surface area contributed by atoms with Gasteiger partial charge < -0.3 is 9.67 Å². The molecule has 0 saturated heterocycles. The number of aryl methyl sites for hydroxylation is 1. The van der Waals surface area contributed by atoms with Gasteiger partial charge in [-0.05, 0) is 34.1 Å². The highest BCUT2D eigenvalue weighted by Crippen LogP contribution is 2.23. The van der Waals surface area contributed by atoms with Crippen molar-refractivity contribution in [2.45, 2.75) is 65.1 Å². The van der Waals surface area contributed by atoms with Crippen molar-refractivity contribution >= 4 is 5.97 Å². The van der Waals surface area contributed by atoms with Gasteiger partial charge >= 0.3 is 5.97 Å². The van der Waals surface area contributed by atoms with Gasteiger partial charge in [0.1, 0.15) is 11.4 Å². The van der Waals surface area contributed by atoms with E-state index < -0.39 is 11.5 Å². The summed E-state index contributed by atoms with van der Waals surface area (Å²) >= 11 is 0. The molecule has 5 nitrogen and oxygen atoms in total. The van der Waals surface area contributed by atoms with Gasteiger partial charge in [-0.15, -0.1) is 0 Å². The van der Waals surface area contributed by atoms with Crippen LogP contribution in [0.3, 0.4) is 0 Å². The Morgan fingerprint density at radius 1 is 1.53 bits per heavy atom. The second kappa shape index (κ2) is 6.19. The van der Waals surface area contributed by atoms with Crippen LogP contribution in [0.15, 0.2) is 12.4 Å². The number of carboxylic acid groups (broad SMARTS) is 1. The van der Waals surface area contributed by atoms with Gasteiger partial charge in [-0.3, -0.25) is 10.1 Å². The van der Waals surface area contributed by atoms with E-state index in [4.69, 9.17) is 0 Å². The molecular formula is C14H25N3O2. The van der Waals surface area contributed by atoms with Gasteiger partial charge in [0.2, 0.25) is 0 Å². The summed E-state index contributed by atoms with van der Waals surface area (Å²) in [6, 6.07) is 0.214. The Morgan fingerprint density at radius 2 is 2.16 bits per heavy atom. The molecule has 0 fully saturated rings. The van der Waals surface area contributed by atoms with Crippen LogP contribution in [-0.4, -0.2) is 32.2 Å². The maximum absolute atomic E-state index is 11.5. The molecule has 0 saturated carbocycles. The lowest BCUT2D eigenvalue weighted by atomic mass is 9.92. The molecule has 1 aromatic rings. The molecular weight excluding hydrogens is 242 g/mol. The van der Waals surface area contributed by atoms with Crippen molar-refractivity contribution in [3.8, 4) is 0 Å². The number of carboxylic acids is 1. The van der Waals surface area contributed by atoms with E-state index >= 15 is 0 Å². The molecule has 2 atom stereocenters. The van der Waals surface area contributed by atoms with Crippen LogP contribution in [-0.2, 0) is 11.2 Å². The summed E-state index contributed by atoms with van der Waals surface area (Å²) in [5.74, 6) is 0.177. The van der Waals surface area contributed by atoms with Crippen LogP contribution < -0.4 is 5.32 Å². The van der Waals surface area contributed by atoms with E-state index in [-0.39, 0.29) is 12.1 Å². The Morgan fingerprint density at radius 3 is 2.63 bits per heavy atom. The highest BCUT2D eigenvalue weighted by Gasteiger charge is 2.35. The first-order valence-electron chi connectivity index (χ1n) is 6.83. The Balaban J connectivity index is 2.88. The largest absolute Gasteiger partial charge is 0.480 e. The average Bonchev–Trinajstić information content (AvgIpc) is 2.75. The standard InChI is InChI=1S/C14H25N3O2/c1-6-12-15-7-8-17(12)11(4)9-14(5,13(18)19)16-10(2)3/h7-8,10-11,16H,6,9H2,1-5H3,(H,18,19). The molecule has 0 aliphatic heterocycles. The molecule has 0 aliphatic carbocycles. The maximum atomic E-state index is 11.5. The molecule has 2 unspecified atom stereocenters. The molecule has 108 valence electrons. The van der Waals surface area contributed by atoms with Gasteiger partial charge in [0.25, 0.3) is 0 Å². The van der Waals surface area contributed by atoms with Crippen molar-refractivity contribution in [1.29, 1.82) is 0 Å². The lowest BCUT2D eigenvalue weighted by molar-refractivity contribution is -0.145. The molecule has 5 heteroatoms. The topological polar surface area (TPSA) is 67.2 Å². The van der Waals surface area contributed by atoms with Gasteiger partial charge in [0.05, 0.1) is 0 Å². The smallest absolute Gasteiger partial charge is 0.323 e. The van der Waals surface area contributed by atoms with Gasteiger partial charge in [-0.2, -0.15) is 0 Å². The maximum Gasteiger partial charge on any atom is 0.323 e. The summed E-state index contributed by atoms with van der Waals surface area (Å²) < 4.78 is 2.06. The number of carbonyl (C=O) groups is 1. The van der Waals surface area contributed by atoms with Gasteiger partial charge in [-0.25, -0.2) is 4.98 Å². The number of aromatic nitrogens is 2. The van der Waals surface area contributed by atoms with Crippen LogP contribution in [0, 0.1) is 0 Å². The second-order valence-corrected chi connectivity index (χ2v) is 5.59. The van der Waals surface area contributed by atoms with E-state index in [1.165, 1.54) is 0 Å². The highest BCUT2D eigenvalue weighted by molar-refractivity contribution is 5.78. The average molecular weight is 267 g/mol. The Kier molecular flexibility index (Phi) is 5.11. The zero-order chi connectivity index (χ0) is 14.6. The Labute approximate surface area is 115 Å². The van der Waals surface area contributed by atoms with Crippen LogP contribution >= 0.6 is 0 Å². The first-order valence-corrected chi connectivity index (χ1v) is 6.83. The van der Waals surface area contributed by atoms with E-state index in [0.29, 0.717) is 6.42 Å². The van der Waals surface area contributed by atoms with Crippen molar-refractivity contribution in [1.82, 2.24) is 14.9 Å². The van der Waals surface area contributed by atoms with E-state index in [9.17, 15) is 9.90 Å². The lowest BCUT2D eigenvalue weighted by Crippen LogP contribution is -2.53. The number of hydrogen-bond acceptors (Lipinski definition) is 3. The monoisotopic (exact) mass is 267 g/mol. The summed E-state index contributed by atoms with van der Waals surface area (Å²) in [7, 11) is 0. The minimum absolute atomic E-state index is 0.0878. The molecule has 19 heavy (non-hydrogen) atoms. The quantitative estimate of drug-likeness (QED) is 0.795. The van der Waals surface area contributed by atoms with Crippen molar-refractivity contribution in [2.24, 2.45) is 0 Å². The van der Waals surface area contributed by atoms with E-state index in [0.717, 1.165) is 12.2 Å². The van der Waals surface area contributed by atoms with Gasteiger partial charge in [0, 0.05) is 30.9 Å². The van der Waals surface area contributed by atoms with Gasteiger partial charge in [0.15, 0.2) is 0 Å². The molecule has 0 radical (unpaired) electrons. The minimum atomic E-state index is -0.928. The van der Waals surface area contributed by atoms with Crippen LogP contribution in [0.5, 0.6) is 0 Å². The zero-order valence-corrected chi connectivity index (χ0v) is 12.5. The van der Waals surface area contributed by atoms with E-state index in [2.05, 4.69) is 14.9 Å². The normalized spacial score (nSPS) is 16.3. The summed E-state index contributed by atoms with van der Waals surface area (Å²) in [6.45, 7) is 9.74. The van der Waals surface area contributed by atoms with Crippen LogP contribution in [0.2, 0.25) is 0 Å². The predicted molar refractivity (Wildman–Crippen MR) is 75.2 cm³/mol. The fourth-order valence-electron chi connectivity index (χ4n) is 2.55. The number of imidazole rings is 1. The number of nitrogens with one attached hydrogen (secondary N) is 1. The van der Waals surface area contributed by atoms with Gasteiger partial charge in [-0.1, -0.05) is 6.92 Å². The molecule has 2 N–H and O–H groups in total. The predicted octanol–water partition coefficient (Wildman–Crippen LogP) is 2.24. The molecule has 1 heterocycles. The van der Waals surface area contributed by atoms with Crippen molar-refractivity contribution in [2.75, 3.05) is 0 Å². The number of aliphatic carboxylic acids is 1. The summed E-state index contributed by atoms with van der Waals surface area (Å²) in [5, 5.41) is 12.6. The third kappa shape index (κ3) is 3.80. The minimum Gasteiger partial charge on any atom is -0.480 e. The van der Waals surface area contributed by atoms with Crippen LogP contribution in [0.4, 0.5) is 0 Å². The number of nitrogens with zero attached hydrogens (tertiary/aromatic N) is 2. The fourth-order valence-corrected chi connectivity index (χ4v) is 2.55. The summed E-state index contributed by atoms with van der Waals surface area (Å²) in [6.07, 6.45) is 5.05. The van der Waals surface area contributed by atoms with Crippen LogP contribution in [0.25, 0.3) is 0 Å². The summed E-state index contributed by atoms with van der Waals surface area (Å²) in [4.78, 5) is 15.8. The van der Waals surface area contributed by atoms with Crippen molar-refractivity contribution < 1.29 is 9.90 Å². The molecule has 0 amide bonds. The first kappa shape index (κ1) is 15.7. The van der Waals surface area contributed by atoms with E-state index in [1.807, 2.05) is 33.9 Å². The van der Waals surface area contributed by atoms with Crippen LogP contribution in [0.1, 0.15) is 52.9 Å². The Hall–Kier alpha value is -1.36. The van der Waals surface area contributed by atoms with E-state index in [1.54, 1.807) is 13.1 Å².